The van der Waals surface area contributed by atoms with Gasteiger partial charge in [-0.3, -0.25) is 4.90 Å². The molecule has 4 nitrogen and oxygen atoms in total. The Kier molecular flexibility index (Phi) is 5.20. The summed E-state index contributed by atoms with van der Waals surface area (Å²) in [5, 5.41) is 10.7. The van der Waals surface area contributed by atoms with Crippen LogP contribution in [0.3, 0.4) is 0 Å². The highest BCUT2D eigenvalue weighted by molar-refractivity contribution is 5.17. The molecule has 134 valence electrons. The second kappa shape index (κ2) is 7.04. The molecule has 6 heteroatoms. The van der Waals surface area contributed by atoms with Crippen LogP contribution >= 0.6 is 0 Å². The van der Waals surface area contributed by atoms with Gasteiger partial charge in [0.1, 0.15) is 0 Å². The third-order valence-electron chi connectivity index (χ3n) is 5.20. The number of nitrogens with zero attached hydrogens (tertiary/aromatic N) is 1. The van der Waals surface area contributed by atoms with Crippen LogP contribution < -0.4 is 0 Å². The maximum absolute atomic E-state index is 13.3. The predicted octanol–water partition coefficient (Wildman–Crippen LogP) is 2.49. The monoisotopic (exact) mass is 341 g/mol. The molecule has 1 aromatic rings. The van der Waals surface area contributed by atoms with Crippen LogP contribution in [0.2, 0.25) is 0 Å². The fourth-order valence-electron chi connectivity index (χ4n) is 3.92. The van der Waals surface area contributed by atoms with Gasteiger partial charge in [0, 0.05) is 39.6 Å². The molecular weight excluding hydrogens is 316 g/mol. The number of benzene rings is 1. The number of hydrogen-bond donors (Lipinski definition) is 1. The first-order valence-electron chi connectivity index (χ1n) is 8.45. The van der Waals surface area contributed by atoms with Gasteiger partial charge in [0.15, 0.2) is 11.6 Å². The van der Waals surface area contributed by atoms with Crippen molar-refractivity contribution in [1.82, 2.24) is 4.90 Å². The summed E-state index contributed by atoms with van der Waals surface area (Å²) < 4.78 is 37.5. The van der Waals surface area contributed by atoms with Gasteiger partial charge < -0.3 is 14.6 Å². The highest BCUT2D eigenvalue weighted by Gasteiger charge is 2.46. The predicted molar refractivity (Wildman–Crippen MR) is 85.6 cm³/mol. The van der Waals surface area contributed by atoms with E-state index in [1.807, 2.05) is 0 Å². The molecule has 2 aliphatic rings. The lowest BCUT2D eigenvalue weighted by Crippen LogP contribution is -2.55. The Balaban J connectivity index is 1.58. The highest BCUT2D eigenvalue weighted by Crippen LogP contribution is 2.40. The van der Waals surface area contributed by atoms with Crippen LogP contribution in [-0.2, 0) is 16.0 Å². The molecule has 2 saturated heterocycles. The molecule has 2 aliphatic heterocycles. The molecule has 0 aliphatic carbocycles. The summed E-state index contributed by atoms with van der Waals surface area (Å²) >= 11 is 0. The van der Waals surface area contributed by atoms with Gasteiger partial charge in [-0.1, -0.05) is 6.07 Å². The van der Waals surface area contributed by atoms with Crippen molar-refractivity contribution in [3.8, 4) is 0 Å². The number of piperidine rings is 1. The topological polar surface area (TPSA) is 41.9 Å². The standard InChI is InChI=1S/C18H25F2NO3/c1-23-13-17(22)6-9-24-18(12-17)4-7-21(8-5-18)11-14-2-3-15(19)16(20)10-14/h2-3,10,22H,4-9,11-13H2,1H3. The van der Waals surface area contributed by atoms with E-state index in [-0.39, 0.29) is 5.60 Å². The van der Waals surface area contributed by atoms with Crippen LogP contribution in [0.4, 0.5) is 8.78 Å². The summed E-state index contributed by atoms with van der Waals surface area (Å²) in [7, 11) is 1.60. The zero-order valence-electron chi connectivity index (χ0n) is 14.1. The Labute approximate surface area is 141 Å². The number of likely N-dealkylation sites (tertiary alicyclic amines) is 1. The molecule has 0 bridgehead atoms. The van der Waals surface area contributed by atoms with E-state index in [4.69, 9.17) is 9.47 Å². The molecule has 2 fully saturated rings. The first kappa shape index (κ1) is 17.7. The van der Waals surface area contributed by atoms with Gasteiger partial charge in [0.05, 0.1) is 24.4 Å². The van der Waals surface area contributed by atoms with Crippen LogP contribution in [0.25, 0.3) is 0 Å². The summed E-state index contributed by atoms with van der Waals surface area (Å²) in [5.41, 5.74) is -0.337. The van der Waals surface area contributed by atoms with E-state index < -0.39 is 17.2 Å². The Hall–Kier alpha value is -1.08. The molecular formula is C18H25F2NO3. The maximum atomic E-state index is 13.3. The van der Waals surface area contributed by atoms with Crippen LogP contribution in [-0.4, -0.2) is 54.6 Å². The van der Waals surface area contributed by atoms with Crippen molar-refractivity contribution in [2.45, 2.75) is 43.4 Å². The van der Waals surface area contributed by atoms with Crippen LogP contribution in [0.5, 0.6) is 0 Å². The van der Waals surface area contributed by atoms with E-state index in [2.05, 4.69) is 4.90 Å². The normalized spacial score (nSPS) is 27.5. The van der Waals surface area contributed by atoms with Gasteiger partial charge in [-0.25, -0.2) is 8.78 Å². The number of methoxy groups -OCH3 is 1. The molecule has 1 N–H and O–H groups in total. The summed E-state index contributed by atoms with van der Waals surface area (Å²) in [6, 6.07) is 4.05. The second-order valence-corrected chi connectivity index (χ2v) is 7.14. The van der Waals surface area contributed by atoms with E-state index in [1.54, 1.807) is 13.2 Å². The SMILES string of the molecule is COCC1(O)CCOC2(CCN(Cc3ccc(F)c(F)c3)CC2)C1. The van der Waals surface area contributed by atoms with Gasteiger partial charge in [-0.15, -0.1) is 0 Å². The highest BCUT2D eigenvalue weighted by atomic mass is 19.2. The fourth-order valence-corrected chi connectivity index (χ4v) is 3.92. The zero-order valence-corrected chi connectivity index (χ0v) is 14.1. The maximum Gasteiger partial charge on any atom is 0.159 e. The number of aliphatic hydroxyl groups is 1. The Morgan fingerprint density at radius 3 is 2.62 bits per heavy atom. The molecule has 1 spiro atoms. The van der Waals surface area contributed by atoms with Gasteiger partial charge >= 0.3 is 0 Å². The van der Waals surface area contributed by atoms with Gasteiger partial charge in [0.2, 0.25) is 0 Å². The van der Waals surface area contributed by atoms with Crippen molar-refractivity contribution in [1.29, 1.82) is 0 Å². The molecule has 0 aromatic heterocycles. The molecule has 2 heterocycles. The Bertz CT molecular complexity index is 571. The fraction of sp³-hybridized carbons (Fsp3) is 0.667. The van der Waals surface area contributed by atoms with Gasteiger partial charge in [-0.2, -0.15) is 0 Å². The molecule has 1 unspecified atom stereocenters. The van der Waals surface area contributed by atoms with Crippen LogP contribution in [0, 0.1) is 11.6 Å². The van der Waals surface area contributed by atoms with Crippen molar-refractivity contribution in [3.63, 3.8) is 0 Å². The minimum atomic E-state index is -0.815. The lowest BCUT2D eigenvalue weighted by molar-refractivity contribution is -0.191. The molecule has 1 aromatic carbocycles. The molecule has 0 radical (unpaired) electrons. The van der Waals surface area contributed by atoms with Crippen molar-refractivity contribution < 1.29 is 23.4 Å². The summed E-state index contributed by atoms with van der Waals surface area (Å²) in [4.78, 5) is 2.21. The Morgan fingerprint density at radius 1 is 1.21 bits per heavy atom. The zero-order chi connectivity index (χ0) is 17.2. The molecule has 0 amide bonds. The van der Waals surface area contributed by atoms with E-state index in [9.17, 15) is 13.9 Å². The van der Waals surface area contributed by atoms with Crippen molar-refractivity contribution >= 4 is 0 Å². The van der Waals surface area contributed by atoms with Crippen molar-refractivity contribution in [2.24, 2.45) is 0 Å². The van der Waals surface area contributed by atoms with E-state index >= 15 is 0 Å². The average Bonchev–Trinajstić information content (AvgIpc) is 2.53. The Morgan fingerprint density at radius 2 is 1.96 bits per heavy atom. The summed E-state index contributed by atoms with van der Waals surface area (Å²) in [5.74, 6) is -1.62. The molecule has 24 heavy (non-hydrogen) atoms. The van der Waals surface area contributed by atoms with E-state index in [0.29, 0.717) is 32.6 Å². The molecule has 3 rings (SSSR count). The lowest BCUT2D eigenvalue weighted by Gasteiger charge is -2.49. The van der Waals surface area contributed by atoms with Gasteiger partial charge in [0.25, 0.3) is 0 Å². The third kappa shape index (κ3) is 3.94. The van der Waals surface area contributed by atoms with Crippen molar-refractivity contribution in [3.05, 3.63) is 35.4 Å². The lowest BCUT2D eigenvalue weighted by atomic mass is 9.77. The first-order chi connectivity index (χ1) is 11.4. The van der Waals surface area contributed by atoms with Crippen LogP contribution in [0.1, 0.15) is 31.2 Å². The van der Waals surface area contributed by atoms with Gasteiger partial charge in [-0.05, 0) is 30.5 Å². The third-order valence-corrected chi connectivity index (χ3v) is 5.20. The number of hydrogen-bond acceptors (Lipinski definition) is 4. The minimum Gasteiger partial charge on any atom is -0.387 e. The largest absolute Gasteiger partial charge is 0.387 e. The first-order valence-corrected chi connectivity index (χ1v) is 8.45. The van der Waals surface area contributed by atoms with E-state index in [1.165, 1.54) is 12.1 Å². The number of ether oxygens (including phenoxy) is 2. The quantitative estimate of drug-likeness (QED) is 0.914. The summed E-state index contributed by atoms with van der Waals surface area (Å²) in [6.07, 6.45) is 2.83. The average molecular weight is 341 g/mol. The second-order valence-electron chi connectivity index (χ2n) is 7.14. The minimum absolute atomic E-state index is 0.296. The van der Waals surface area contributed by atoms with E-state index in [0.717, 1.165) is 31.5 Å². The summed E-state index contributed by atoms with van der Waals surface area (Å²) in [6.45, 7) is 3.08. The molecule has 0 saturated carbocycles. The number of halogens is 2. The molecule has 1 atom stereocenters. The number of rotatable bonds is 4. The van der Waals surface area contributed by atoms with Crippen molar-refractivity contribution in [2.75, 3.05) is 33.4 Å². The van der Waals surface area contributed by atoms with Crippen LogP contribution in [0.15, 0.2) is 18.2 Å². The smallest absolute Gasteiger partial charge is 0.159 e.